The van der Waals surface area contributed by atoms with Crippen LogP contribution >= 0.6 is 0 Å². The largest absolute Gasteiger partial charge is 0.516 e. The molecular weight excluding hydrogens is 536 g/mol. The van der Waals surface area contributed by atoms with E-state index in [2.05, 4.69) is 10.3 Å². The maximum atomic E-state index is 13.2. The zero-order valence-electron chi connectivity index (χ0n) is 19.5. The zero-order chi connectivity index (χ0) is 28.0. The molecule has 0 saturated carbocycles. The molecule has 6 nitrogen and oxygen atoms in total. The number of benzene rings is 2. The van der Waals surface area contributed by atoms with E-state index in [0.717, 1.165) is 29.8 Å². The standard InChI is InChI=1S/C25H21F6N3O3S/c26-24(27,28)22-14-9-19(21(33-22)13-8-17-4-2-1-3-5-17)10-15-23(35)32-16-18-6-11-20(12-7-18)34-38(36,37)25(29,30)31/h1-7,9-12,14-15,34H,8,13,16H2,(H,32,35)/b15-10+. The molecule has 1 amide bonds. The summed E-state index contributed by atoms with van der Waals surface area (Å²) in [5.74, 6) is -0.583. The molecule has 0 bridgehead atoms. The van der Waals surface area contributed by atoms with Crippen LogP contribution < -0.4 is 10.0 Å². The van der Waals surface area contributed by atoms with Gasteiger partial charge in [-0.15, -0.1) is 0 Å². The molecule has 0 spiro atoms. The molecule has 0 fully saturated rings. The predicted molar refractivity (Wildman–Crippen MR) is 129 cm³/mol. The zero-order valence-corrected chi connectivity index (χ0v) is 20.3. The van der Waals surface area contributed by atoms with Gasteiger partial charge in [-0.05, 0) is 53.8 Å². The van der Waals surface area contributed by atoms with E-state index in [1.54, 1.807) is 0 Å². The van der Waals surface area contributed by atoms with Gasteiger partial charge in [0.25, 0.3) is 0 Å². The van der Waals surface area contributed by atoms with Crippen LogP contribution in [0.25, 0.3) is 6.08 Å². The molecule has 3 rings (SSSR count). The normalized spacial score (nSPS) is 12.5. The Morgan fingerprint density at radius 3 is 2.11 bits per heavy atom. The lowest BCUT2D eigenvalue weighted by molar-refractivity contribution is -0.141. The number of hydrogen-bond acceptors (Lipinski definition) is 4. The monoisotopic (exact) mass is 557 g/mol. The summed E-state index contributed by atoms with van der Waals surface area (Å²) in [6, 6.07) is 16.0. The molecule has 0 aliphatic rings. The van der Waals surface area contributed by atoms with Crippen LogP contribution in [0.3, 0.4) is 0 Å². The van der Waals surface area contributed by atoms with Gasteiger partial charge in [-0.25, -0.2) is 4.98 Å². The van der Waals surface area contributed by atoms with Crippen molar-refractivity contribution in [1.82, 2.24) is 10.3 Å². The van der Waals surface area contributed by atoms with Crippen molar-refractivity contribution < 1.29 is 39.6 Å². The minimum absolute atomic E-state index is 0.0401. The van der Waals surface area contributed by atoms with Crippen LogP contribution in [0.5, 0.6) is 0 Å². The Morgan fingerprint density at radius 1 is 0.842 bits per heavy atom. The van der Waals surface area contributed by atoms with Crippen LogP contribution in [0.4, 0.5) is 32.0 Å². The Morgan fingerprint density at radius 2 is 1.50 bits per heavy atom. The fourth-order valence-electron chi connectivity index (χ4n) is 3.25. The number of carbonyl (C=O) groups is 1. The first-order valence-electron chi connectivity index (χ1n) is 11.0. The van der Waals surface area contributed by atoms with Gasteiger partial charge in [0.15, 0.2) is 0 Å². The summed E-state index contributed by atoms with van der Waals surface area (Å²) in [5, 5.41) is 2.53. The molecule has 0 saturated heterocycles. The highest BCUT2D eigenvalue weighted by Gasteiger charge is 2.46. The van der Waals surface area contributed by atoms with Crippen LogP contribution in [-0.4, -0.2) is 24.8 Å². The lowest BCUT2D eigenvalue weighted by atomic mass is 10.0. The van der Waals surface area contributed by atoms with Crippen molar-refractivity contribution in [1.29, 1.82) is 0 Å². The fraction of sp³-hybridized carbons (Fsp3) is 0.200. The Bertz CT molecular complexity index is 1390. The van der Waals surface area contributed by atoms with E-state index in [4.69, 9.17) is 0 Å². The number of halogens is 6. The van der Waals surface area contributed by atoms with Crippen LogP contribution in [0.2, 0.25) is 0 Å². The highest BCUT2D eigenvalue weighted by Crippen LogP contribution is 2.29. The molecule has 0 aliphatic heterocycles. The van der Waals surface area contributed by atoms with E-state index in [-0.39, 0.29) is 24.3 Å². The molecule has 0 unspecified atom stereocenters. The van der Waals surface area contributed by atoms with Gasteiger partial charge in [0.1, 0.15) is 5.69 Å². The number of nitrogens with one attached hydrogen (secondary N) is 2. The first-order valence-corrected chi connectivity index (χ1v) is 12.5. The number of sulfonamides is 1. The van der Waals surface area contributed by atoms with Crippen LogP contribution in [0.1, 0.15) is 28.1 Å². The second kappa shape index (κ2) is 11.7. The number of aryl methyl sites for hydroxylation is 2. The van der Waals surface area contributed by atoms with Gasteiger partial charge in [0.05, 0.1) is 0 Å². The quantitative estimate of drug-likeness (QED) is 0.270. The maximum absolute atomic E-state index is 13.2. The average Bonchev–Trinajstić information content (AvgIpc) is 2.85. The summed E-state index contributed by atoms with van der Waals surface area (Å²) in [6.45, 7) is -0.0401. The van der Waals surface area contributed by atoms with Crippen LogP contribution in [0, 0.1) is 0 Å². The molecule has 1 aromatic heterocycles. The number of pyridine rings is 1. The molecule has 2 aromatic carbocycles. The number of amides is 1. The molecule has 0 atom stereocenters. The van der Waals surface area contributed by atoms with E-state index in [1.807, 2.05) is 30.3 Å². The van der Waals surface area contributed by atoms with Crippen molar-refractivity contribution in [2.45, 2.75) is 31.1 Å². The average molecular weight is 558 g/mol. The fourth-order valence-corrected chi connectivity index (χ4v) is 3.81. The van der Waals surface area contributed by atoms with E-state index in [0.29, 0.717) is 17.5 Å². The third-order valence-electron chi connectivity index (χ3n) is 5.19. The second-order valence-electron chi connectivity index (χ2n) is 8.02. The number of aromatic nitrogens is 1. The summed E-state index contributed by atoms with van der Waals surface area (Å²) >= 11 is 0. The highest BCUT2D eigenvalue weighted by atomic mass is 32.2. The number of carbonyl (C=O) groups excluding carboxylic acids is 1. The Hall–Kier alpha value is -3.87. The molecule has 202 valence electrons. The number of alkyl halides is 6. The molecule has 0 aliphatic carbocycles. The van der Waals surface area contributed by atoms with Gasteiger partial charge in [0, 0.05) is 24.0 Å². The van der Waals surface area contributed by atoms with Crippen molar-refractivity contribution in [2.24, 2.45) is 0 Å². The van der Waals surface area contributed by atoms with Crippen LogP contribution in [0.15, 0.2) is 72.8 Å². The van der Waals surface area contributed by atoms with Gasteiger partial charge < -0.3 is 5.32 Å². The Kier molecular flexibility index (Phi) is 8.82. The molecule has 3 aromatic rings. The summed E-state index contributed by atoms with van der Waals surface area (Å²) in [4.78, 5) is 16.0. The van der Waals surface area contributed by atoms with Crippen molar-refractivity contribution in [3.8, 4) is 0 Å². The molecule has 2 N–H and O–H groups in total. The first-order chi connectivity index (χ1) is 17.7. The molecule has 13 heteroatoms. The summed E-state index contributed by atoms with van der Waals surface area (Å²) in [6.07, 6.45) is -1.50. The van der Waals surface area contributed by atoms with Crippen molar-refractivity contribution >= 4 is 27.7 Å². The van der Waals surface area contributed by atoms with Gasteiger partial charge >= 0.3 is 21.7 Å². The first kappa shape index (κ1) is 28.7. The van der Waals surface area contributed by atoms with Crippen molar-refractivity contribution in [3.63, 3.8) is 0 Å². The smallest absolute Gasteiger partial charge is 0.348 e. The maximum Gasteiger partial charge on any atom is 0.516 e. The SMILES string of the molecule is O=C(/C=C/c1ccc(C(F)(F)F)nc1CCc1ccccc1)NCc1ccc(NS(=O)(=O)C(F)(F)F)cc1. The Balaban J connectivity index is 1.65. The minimum Gasteiger partial charge on any atom is -0.348 e. The van der Waals surface area contributed by atoms with E-state index < -0.39 is 33.3 Å². The topological polar surface area (TPSA) is 88.2 Å². The lowest BCUT2D eigenvalue weighted by Crippen LogP contribution is -2.29. The number of anilines is 1. The third kappa shape index (κ3) is 8.07. The highest BCUT2D eigenvalue weighted by molar-refractivity contribution is 7.93. The number of hydrogen-bond donors (Lipinski definition) is 2. The summed E-state index contributed by atoms with van der Waals surface area (Å²) in [5.41, 5.74) is -4.93. The van der Waals surface area contributed by atoms with E-state index >= 15 is 0 Å². The second-order valence-corrected chi connectivity index (χ2v) is 9.69. The van der Waals surface area contributed by atoms with Gasteiger partial charge in [-0.1, -0.05) is 48.5 Å². The minimum atomic E-state index is -5.55. The predicted octanol–water partition coefficient (Wildman–Crippen LogP) is 5.48. The molecule has 1 heterocycles. The molecule has 38 heavy (non-hydrogen) atoms. The van der Waals surface area contributed by atoms with Gasteiger partial charge in [-0.3, -0.25) is 9.52 Å². The van der Waals surface area contributed by atoms with E-state index in [9.17, 15) is 39.6 Å². The molecule has 0 radical (unpaired) electrons. The number of nitrogens with zero attached hydrogens (tertiary/aromatic N) is 1. The van der Waals surface area contributed by atoms with E-state index in [1.165, 1.54) is 29.0 Å². The Labute approximate surface area is 214 Å². The van der Waals surface area contributed by atoms with Gasteiger partial charge in [0.2, 0.25) is 5.91 Å². The number of rotatable bonds is 9. The lowest BCUT2D eigenvalue weighted by Gasteiger charge is -2.11. The van der Waals surface area contributed by atoms with Gasteiger partial charge in [-0.2, -0.15) is 34.8 Å². The molecular formula is C25H21F6N3O3S. The van der Waals surface area contributed by atoms with Crippen molar-refractivity contribution in [3.05, 3.63) is 101 Å². The third-order valence-corrected chi connectivity index (χ3v) is 6.30. The van der Waals surface area contributed by atoms with Crippen molar-refractivity contribution in [2.75, 3.05) is 4.72 Å². The summed E-state index contributed by atoms with van der Waals surface area (Å²) < 4.78 is 101. The summed E-state index contributed by atoms with van der Waals surface area (Å²) in [7, 11) is -5.55. The van der Waals surface area contributed by atoms with Crippen LogP contribution in [-0.2, 0) is 40.4 Å².